The molecule has 202 valence electrons. The third-order valence-electron chi connectivity index (χ3n) is 4.72. The maximum Gasteiger partial charge on any atom is 0.212 e. The summed E-state index contributed by atoms with van der Waals surface area (Å²) in [5.41, 5.74) is 12.9. The zero-order chi connectivity index (χ0) is 27.0. The molecule has 2 N–H and O–H groups in total. The van der Waals surface area contributed by atoms with Crippen LogP contribution in [0.3, 0.4) is 0 Å². The van der Waals surface area contributed by atoms with Gasteiger partial charge in [-0.15, -0.1) is 0 Å². The second-order valence-corrected chi connectivity index (χ2v) is 8.48. The molecule has 0 saturated heterocycles. The van der Waals surface area contributed by atoms with Gasteiger partial charge >= 0.3 is 0 Å². The van der Waals surface area contributed by atoms with Gasteiger partial charge in [-0.25, -0.2) is 0 Å². The Balaban J connectivity index is 0.000000267. The summed E-state index contributed by atoms with van der Waals surface area (Å²) < 4.78 is 0. The number of aromatic nitrogens is 2. The first kappa shape index (κ1) is 31.2. The molecule has 0 atom stereocenters. The monoisotopic (exact) mass is 598 g/mol. The fourth-order valence-electron chi connectivity index (χ4n) is 2.85. The number of pyridine rings is 2. The molecule has 8 nitrogen and oxygen atoms in total. The van der Waals surface area contributed by atoms with Crippen molar-refractivity contribution >= 4 is 57.5 Å². The summed E-state index contributed by atoms with van der Waals surface area (Å²) >= 11 is 8.48. The van der Waals surface area contributed by atoms with Crippen LogP contribution in [0.1, 0.15) is 25.2 Å². The molecule has 0 radical (unpaired) electrons. The Labute approximate surface area is 249 Å². The molecule has 11 heteroatoms. The van der Waals surface area contributed by atoms with Gasteiger partial charge in [0.1, 0.15) is 0 Å². The third kappa shape index (κ3) is 11.9. The Bertz CT molecular complexity index is 1250. The SMILES string of the molecule is CC(=N[N-]C(=[SH+])Nc1ccccc1)c1ccccn1.CC(=N[N-]C(=[SH+])Nc1ccccc1)c1ccccn1.[Ni]. The van der Waals surface area contributed by atoms with Gasteiger partial charge in [0.05, 0.1) is 11.4 Å². The van der Waals surface area contributed by atoms with Gasteiger partial charge < -0.3 is 31.7 Å². The summed E-state index contributed by atoms with van der Waals surface area (Å²) in [5.74, 6) is 0. The van der Waals surface area contributed by atoms with Crippen LogP contribution in [-0.4, -0.2) is 31.6 Å². The third-order valence-corrected chi connectivity index (χ3v) is 5.12. The minimum Gasteiger partial charge on any atom is -0.509 e. The van der Waals surface area contributed by atoms with Crippen LogP contribution >= 0.6 is 0 Å². The largest absolute Gasteiger partial charge is 0.509 e. The van der Waals surface area contributed by atoms with Gasteiger partial charge in [0.25, 0.3) is 0 Å². The van der Waals surface area contributed by atoms with Crippen molar-refractivity contribution in [2.45, 2.75) is 13.8 Å². The average Bonchev–Trinajstić information content (AvgIpc) is 2.97. The van der Waals surface area contributed by atoms with Crippen LogP contribution in [-0.2, 0) is 40.9 Å². The fraction of sp³-hybridized carbons (Fsp3) is 0.0714. The molecule has 0 amide bonds. The molecule has 4 aromatic rings. The number of nitrogens with zero attached hydrogens (tertiary/aromatic N) is 6. The Hall–Kier alpha value is -4.05. The Morgan fingerprint density at radius 1 is 0.590 bits per heavy atom. The van der Waals surface area contributed by atoms with Crippen molar-refractivity contribution in [2.24, 2.45) is 10.2 Å². The van der Waals surface area contributed by atoms with E-state index in [4.69, 9.17) is 0 Å². The van der Waals surface area contributed by atoms with E-state index in [-0.39, 0.29) is 16.5 Å². The van der Waals surface area contributed by atoms with E-state index in [1.807, 2.05) is 111 Å². The Morgan fingerprint density at radius 2 is 0.949 bits per heavy atom. The second-order valence-electron chi connectivity index (χ2n) is 7.63. The summed E-state index contributed by atoms with van der Waals surface area (Å²) in [6.45, 7) is 3.71. The normalized spacial score (nSPS) is 10.6. The van der Waals surface area contributed by atoms with Crippen molar-refractivity contribution in [3.05, 3.63) is 132 Å². The van der Waals surface area contributed by atoms with E-state index in [0.29, 0.717) is 10.2 Å². The smallest absolute Gasteiger partial charge is 0.212 e. The van der Waals surface area contributed by atoms with Crippen LogP contribution in [0.5, 0.6) is 0 Å². The van der Waals surface area contributed by atoms with Gasteiger partial charge in [0.2, 0.25) is 10.2 Å². The zero-order valence-electron chi connectivity index (χ0n) is 21.3. The minimum absolute atomic E-state index is 0. The molecule has 0 aliphatic carbocycles. The molecule has 39 heavy (non-hydrogen) atoms. The van der Waals surface area contributed by atoms with E-state index >= 15 is 0 Å². The zero-order valence-corrected chi connectivity index (χ0v) is 24.1. The van der Waals surface area contributed by atoms with Crippen LogP contribution in [0.2, 0.25) is 0 Å². The minimum atomic E-state index is 0. The van der Waals surface area contributed by atoms with Crippen LogP contribution in [0.4, 0.5) is 11.4 Å². The maximum atomic E-state index is 4.24. The summed E-state index contributed by atoms with van der Waals surface area (Å²) in [6.07, 6.45) is 3.45. The van der Waals surface area contributed by atoms with Crippen LogP contribution in [0.15, 0.2) is 120 Å². The molecule has 0 bridgehead atoms. The number of hydrogen-bond donors (Lipinski definition) is 2. The van der Waals surface area contributed by atoms with E-state index in [0.717, 1.165) is 34.2 Å². The number of para-hydroxylation sites is 2. The van der Waals surface area contributed by atoms with Crippen molar-refractivity contribution in [3.63, 3.8) is 0 Å². The van der Waals surface area contributed by atoms with Gasteiger partial charge in [-0.2, -0.15) is 0 Å². The molecule has 2 aromatic heterocycles. The summed E-state index contributed by atoms with van der Waals surface area (Å²) in [4.78, 5) is 8.39. The molecule has 4 rings (SSSR count). The predicted octanol–water partition coefficient (Wildman–Crippen LogP) is 5.31. The Kier molecular flexibility index (Phi) is 14.0. The van der Waals surface area contributed by atoms with Crippen LogP contribution < -0.4 is 10.6 Å². The fourth-order valence-corrected chi connectivity index (χ4v) is 3.20. The van der Waals surface area contributed by atoms with E-state index in [2.05, 4.69) is 66.1 Å². The molecule has 0 spiro atoms. The van der Waals surface area contributed by atoms with Gasteiger partial charge in [0, 0.05) is 51.7 Å². The van der Waals surface area contributed by atoms with E-state index in [1.165, 1.54) is 0 Å². The topological polar surface area (TPSA) is 103 Å². The first-order valence-electron chi connectivity index (χ1n) is 11.6. The number of hydrogen-bond acceptors (Lipinski definition) is 4. The van der Waals surface area contributed by atoms with Gasteiger partial charge in [-0.05, 0) is 62.4 Å². The molecule has 0 unspecified atom stereocenters. The molecule has 2 aromatic carbocycles. The van der Waals surface area contributed by atoms with E-state index < -0.39 is 0 Å². The summed E-state index contributed by atoms with van der Waals surface area (Å²) in [6, 6.07) is 30.7. The molecular weight excluding hydrogens is 571 g/mol. The van der Waals surface area contributed by atoms with Crippen LogP contribution in [0, 0.1) is 0 Å². The van der Waals surface area contributed by atoms with E-state index in [1.54, 1.807) is 12.4 Å². The Morgan fingerprint density at radius 3 is 1.28 bits per heavy atom. The summed E-state index contributed by atoms with van der Waals surface area (Å²) in [5, 5.41) is 15.1. The first-order valence-corrected chi connectivity index (χ1v) is 12.5. The van der Waals surface area contributed by atoms with Crippen molar-refractivity contribution in [2.75, 3.05) is 10.6 Å². The number of rotatable bonds is 6. The number of thiol groups is 2. The van der Waals surface area contributed by atoms with Crippen LogP contribution in [0.25, 0.3) is 10.9 Å². The summed E-state index contributed by atoms with van der Waals surface area (Å²) in [7, 11) is 0. The molecular formula is C28H28N8NiS2. The number of benzene rings is 2. The quantitative estimate of drug-likeness (QED) is 0.0783. The second kappa shape index (κ2) is 17.5. The number of anilines is 2. The molecule has 0 saturated carbocycles. The molecule has 2 heterocycles. The van der Waals surface area contributed by atoms with Crippen molar-refractivity contribution in [1.82, 2.24) is 9.97 Å². The first-order chi connectivity index (χ1) is 18.5. The molecule has 0 aliphatic rings. The van der Waals surface area contributed by atoms with Crippen molar-refractivity contribution in [1.29, 1.82) is 0 Å². The number of nitrogens with one attached hydrogen (secondary N) is 2. The molecule has 0 fully saturated rings. The predicted molar refractivity (Wildman–Crippen MR) is 167 cm³/mol. The van der Waals surface area contributed by atoms with Gasteiger partial charge in [0.15, 0.2) is 24.4 Å². The maximum absolute atomic E-state index is 4.24. The van der Waals surface area contributed by atoms with E-state index in [9.17, 15) is 0 Å². The average molecular weight is 599 g/mol. The van der Waals surface area contributed by atoms with Crippen molar-refractivity contribution in [3.8, 4) is 0 Å². The van der Waals surface area contributed by atoms with Gasteiger partial charge in [-0.1, -0.05) is 48.5 Å². The molecule has 0 aliphatic heterocycles. The standard InChI is InChI=1S/2C14H14N4S.Ni/c2*1-11(13-9-5-6-10-15-13)17-18-14(19)16-12-7-3-2-4-8-12;/h2*2-10H,1H3,(H2,15,16,18,19);. The van der Waals surface area contributed by atoms with Crippen molar-refractivity contribution < 1.29 is 16.5 Å². The van der Waals surface area contributed by atoms with Gasteiger partial charge in [-0.3, -0.25) is 9.97 Å².